The quantitative estimate of drug-likeness (QED) is 0.0434. The van der Waals surface area contributed by atoms with Crippen LogP contribution in [0.3, 0.4) is 0 Å². The van der Waals surface area contributed by atoms with Gasteiger partial charge in [0.05, 0.1) is 10.0 Å². The number of halogens is 3. The van der Waals surface area contributed by atoms with E-state index in [9.17, 15) is 38.4 Å². The first kappa shape index (κ1) is 80.4. The van der Waals surface area contributed by atoms with Crippen molar-refractivity contribution in [1.82, 2.24) is 39.9 Å². The number of aromatic nitrogens is 8. The molecule has 582 valence electrons. The highest BCUT2D eigenvalue weighted by atomic mass is 35.5. The SMILES string of the molecule is CCc1ccccc1Cc1c(C2CCC(c3ccccc3)CC2)[nH]c(=O)[nH]c1=O.O=c1[nH]c(C2CCC(c3ccccc3)CC2)c(Cc2cccc(Cl)c2Cl)c(=O)[nH]1.O=c1[nH]c(C2CCC(c3ccccc3)CC2)c(Cc2ccccc2)c(=O)[nH]1.O=c1[nH]c(C2CCC(c3ccccc3)CC2)c(Cc2ccccc2Cl)c(=O)[nH]1. The summed E-state index contributed by atoms with van der Waals surface area (Å²) < 4.78 is 0. The van der Waals surface area contributed by atoms with Crippen molar-refractivity contribution in [3.8, 4) is 0 Å². The summed E-state index contributed by atoms with van der Waals surface area (Å²) in [6, 6.07) is 73.4. The molecule has 16 nitrogen and oxygen atoms in total. The standard InChI is InChI=1S/C25H28N2O2.C23H22Cl2N2O2.C23H23ClN2O2.C23H24N2O2/c1-2-17-8-6-7-11-21(17)16-22-23(26-25(29)27-24(22)28)20-14-12-19(13-15-20)18-9-4-3-5-10-18;24-19-8-4-7-17(20(19)25)13-18-21(26-23(29)27-22(18)28)16-11-9-15(10-12-16)14-5-2-1-3-6-14;24-20-9-5-4-8-18(20)14-19-21(25-23(28)26-22(19)27)17-12-10-16(11-13-17)15-6-2-1-3-7-15;26-22-20(15-16-7-3-1-4-8-16)21(24-23(27)25-22)19-13-11-18(12-14-19)17-9-5-2-6-10-17/h3-11,19-20H,2,12-16H2,1H3,(H2,26,27,28,29);1-8,15-16H,9-13H2,(H2,26,27,28,29);1-9,16-17H,10-14H2,(H2,25,26,27,28);1-10,18-19H,11-15H2,(H2,24,25,26,27). The Labute approximate surface area is 671 Å². The third-order valence-corrected chi connectivity index (χ3v) is 25.0. The summed E-state index contributed by atoms with van der Waals surface area (Å²) >= 11 is 18.8. The first-order valence-corrected chi connectivity index (χ1v) is 41.0. The fraction of sp³-hybridized carbons (Fsp3) is 0.319. The van der Waals surface area contributed by atoms with E-state index in [-0.39, 0.29) is 45.9 Å². The zero-order valence-electron chi connectivity index (χ0n) is 63.7. The van der Waals surface area contributed by atoms with Crippen molar-refractivity contribution in [3.05, 3.63) is 412 Å². The minimum absolute atomic E-state index is 0.151. The summed E-state index contributed by atoms with van der Waals surface area (Å²) in [6.07, 6.45) is 19.0. The second-order valence-electron chi connectivity index (χ2n) is 30.7. The van der Waals surface area contributed by atoms with Gasteiger partial charge in [0.1, 0.15) is 0 Å². The van der Waals surface area contributed by atoms with Crippen LogP contribution >= 0.6 is 34.8 Å². The molecule has 0 unspecified atom stereocenters. The molecule has 12 aromatic rings. The van der Waals surface area contributed by atoms with E-state index >= 15 is 0 Å². The second kappa shape index (κ2) is 38.7. The Morgan fingerprint density at radius 3 is 0.823 bits per heavy atom. The maximum absolute atomic E-state index is 12.7. The Morgan fingerprint density at radius 1 is 0.248 bits per heavy atom. The van der Waals surface area contributed by atoms with Gasteiger partial charge in [-0.15, -0.1) is 0 Å². The summed E-state index contributed by atoms with van der Waals surface area (Å²) in [6.45, 7) is 2.13. The molecule has 0 atom stereocenters. The molecular formula is C94H97Cl3N8O8. The van der Waals surface area contributed by atoms with Gasteiger partial charge in [-0.3, -0.25) is 39.1 Å². The Kier molecular flexibility index (Phi) is 27.6. The first-order valence-electron chi connectivity index (χ1n) is 39.9. The van der Waals surface area contributed by atoms with Crippen LogP contribution in [0.25, 0.3) is 0 Å². The predicted molar refractivity (Wildman–Crippen MR) is 454 cm³/mol. The first-order chi connectivity index (χ1) is 55.0. The largest absolute Gasteiger partial charge is 0.325 e. The minimum Gasteiger partial charge on any atom is -0.311 e. The van der Waals surface area contributed by atoms with E-state index in [1.54, 1.807) is 6.07 Å². The average Bonchev–Trinajstić information content (AvgIpc) is 0.807. The molecule has 4 fully saturated rings. The van der Waals surface area contributed by atoms with Gasteiger partial charge in [0, 0.05) is 75.7 Å². The van der Waals surface area contributed by atoms with Gasteiger partial charge in [-0.1, -0.05) is 248 Å². The van der Waals surface area contributed by atoms with E-state index < -0.39 is 22.8 Å². The van der Waals surface area contributed by atoms with Crippen LogP contribution in [0.1, 0.15) is 252 Å². The fourth-order valence-corrected chi connectivity index (χ4v) is 18.3. The monoisotopic (exact) mass is 1570 g/mol. The van der Waals surface area contributed by atoms with Crippen molar-refractivity contribution in [2.45, 2.75) is 189 Å². The molecule has 113 heavy (non-hydrogen) atoms. The van der Waals surface area contributed by atoms with Gasteiger partial charge >= 0.3 is 22.8 Å². The molecule has 0 aliphatic heterocycles. The van der Waals surface area contributed by atoms with E-state index in [0.29, 0.717) is 86.7 Å². The summed E-state index contributed by atoms with van der Waals surface area (Å²) in [7, 11) is 0. The molecule has 4 heterocycles. The third-order valence-electron chi connectivity index (χ3n) is 23.7. The van der Waals surface area contributed by atoms with Gasteiger partial charge < -0.3 is 19.9 Å². The van der Waals surface area contributed by atoms with Crippen molar-refractivity contribution >= 4 is 34.8 Å². The Bertz CT molecular complexity index is 5650. The smallest absolute Gasteiger partial charge is 0.311 e. The van der Waals surface area contributed by atoms with Crippen LogP contribution in [0.15, 0.2) is 257 Å². The topological polar surface area (TPSA) is 263 Å². The third kappa shape index (κ3) is 20.8. The van der Waals surface area contributed by atoms with Crippen LogP contribution in [0.2, 0.25) is 15.1 Å². The molecule has 0 spiro atoms. The van der Waals surface area contributed by atoms with Crippen molar-refractivity contribution in [2.24, 2.45) is 0 Å². The van der Waals surface area contributed by atoms with Gasteiger partial charge in [-0.2, -0.15) is 0 Å². The zero-order chi connectivity index (χ0) is 78.7. The molecule has 0 amide bonds. The summed E-state index contributed by atoms with van der Waals surface area (Å²) in [5.41, 5.74) is 13.6. The number of H-pyrrole nitrogens is 8. The van der Waals surface area contributed by atoms with Crippen LogP contribution in [0.4, 0.5) is 0 Å². The summed E-state index contributed by atoms with van der Waals surface area (Å²) in [4.78, 5) is 120. The van der Waals surface area contributed by atoms with E-state index in [2.05, 4.69) is 162 Å². The number of rotatable bonds is 17. The number of nitrogens with one attached hydrogen (secondary N) is 8. The average molecular weight is 1570 g/mol. The van der Waals surface area contributed by atoms with Gasteiger partial charge in [0.2, 0.25) is 0 Å². The number of aryl methyl sites for hydroxylation is 1. The van der Waals surface area contributed by atoms with E-state index in [1.165, 1.54) is 27.8 Å². The number of benzene rings is 8. The van der Waals surface area contributed by atoms with Crippen LogP contribution in [0.5, 0.6) is 0 Å². The van der Waals surface area contributed by atoms with Gasteiger partial charge in [0.15, 0.2) is 0 Å². The highest BCUT2D eigenvalue weighted by Crippen LogP contribution is 2.45. The van der Waals surface area contributed by atoms with Crippen molar-refractivity contribution < 1.29 is 0 Å². The van der Waals surface area contributed by atoms with Crippen molar-refractivity contribution in [2.75, 3.05) is 0 Å². The summed E-state index contributed by atoms with van der Waals surface area (Å²) in [5, 5.41) is 1.53. The molecular weight excluding hydrogens is 1480 g/mol. The second-order valence-corrected chi connectivity index (χ2v) is 31.9. The normalized spacial score (nSPS) is 19.4. The fourth-order valence-electron chi connectivity index (χ4n) is 17.8. The molecule has 8 aromatic carbocycles. The van der Waals surface area contributed by atoms with Crippen LogP contribution in [-0.4, -0.2) is 39.9 Å². The molecule has 8 N–H and O–H groups in total. The molecule has 0 radical (unpaired) electrons. The molecule has 0 saturated heterocycles. The van der Waals surface area contributed by atoms with E-state index in [1.807, 2.05) is 97.1 Å². The maximum atomic E-state index is 12.7. The molecule has 4 saturated carbocycles. The van der Waals surface area contributed by atoms with Crippen molar-refractivity contribution in [3.63, 3.8) is 0 Å². The number of aromatic amines is 8. The van der Waals surface area contributed by atoms with E-state index in [0.717, 1.165) is 154 Å². The zero-order valence-corrected chi connectivity index (χ0v) is 65.9. The van der Waals surface area contributed by atoms with Gasteiger partial charge in [-0.25, -0.2) is 19.2 Å². The highest BCUT2D eigenvalue weighted by Gasteiger charge is 2.32. The summed E-state index contributed by atoms with van der Waals surface area (Å²) in [5.74, 6) is 2.99. The Hall–Kier alpha value is -10.7. The number of hydrogen-bond donors (Lipinski definition) is 8. The predicted octanol–water partition coefficient (Wildman–Crippen LogP) is 18.9. The highest BCUT2D eigenvalue weighted by molar-refractivity contribution is 6.42. The molecule has 4 aliphatic rings. The van der Waals surface area contributed by atoms with Crippen molar-refractivity contribution in [1.29, 1.82) is 0 Å². The molecule has 19 heteroatoms. The van der Waals surface area contributed by atoms with Gasteiger partial charge in [-0.05, 0) is 219 Å². The van der Waals surface area contributed by atoms with Crippen LogP contribution < -0.4 is 45.0 Å². The maximum Gasteiger partial charge on any atom is 0.325 e. The molecule has 4 aliphatic carbocycles. The van der Waals surface area contributed by atoms with E-state index in [4.69, 9.17) is 34.8 Å². The molecule has 16 rings (SSSR count). The Balaban J connectivity index is 0.000000132. The molecule has 4 aromatic heterocycles. The van der Waals surface area contributed by atoms with Crippen LogP contribution in [-0.2, 0) is 32.1 Å². The Morgan fingerprint density at radius 2 is 0.496 bits per heavy atom. The van der Waals surface area contributed by atoms with Gasteiger partial charge in [0.25, 0.3) is 22.2 Å². The van der Waals surface area contributed by atoms with Crippen LogP contribution in [0, 0.1) is 0 Å². The lowest BCUT2D eigenvalue weighted by Crippen LogP contribution is -2.30. The molecule has 0 bridgehead atoms. The lowest BCUT2D eigenvalue weighted by atomic mass is 9.76. The lowest BCUT2D eigenvalue weighted by molar-refractivity contribution is 0.388. The lowest BCUT2D eigenvalue weighted by Gasteiger charge is -2.29. The number of hydrogen-bond acceptors (Lipinski definition) is 8. The minimum atomic E-state index is -0.462.